The zero-order chi connectivity index (χ0) is 17.2. The molecule has 1 aliphatic carbocycles. The van der Waals surface area contributed by atoms with Crippen molar-refractivity contribution < 1.29 is 18.3 Å². The minimum Gasteiger partial charge on any atom is -0.508 e. The van der Waals surface area contributed by atoms with E-state index in [-0.39, 0.29) is 35.2 Å². The molecule has 0 aromatic heterocycles. The molecule has 0 spiro atoms. The van der Waals surface area contributed by atoms with E-state index < -0.39 is 9.84 Å². The third-order valence-corrected chi connectivity index (χ3v) is 7.55. The molecule has 1 N–H and O–H groups in total. The molecule has 1 saturated carbocycles. The molecular formula is C17H23NO4S2. The van der Waals surface area contributed by atoms with E-state index in [1.54, 1.807) is 24.3 Å². The van der Waals surface area contributed by atoms with Gasteiger partial charge in [0.15, 0.2) is 9.84 Å². The quantitative estimate of drug-likeness (QED) is 0.807. The summed E-state index contributed by atoms with van der Waals surface area (Å²) in [6.07, 6.45) is 4.74. The molecule has 0 unspecified atom stereocenters. The molecule has 7 heteroatoms. The van der Waals surface area contributed by atoms with Gasteiger partial charge in [-0.05, 0) is 43.5 Å². The van der Waals surface area contributed by atoms with Crippen LogP contribution in [0.2, 0.25) is 0 Å². The number of benzene rings is 1. The predicted molar refractivity (Wildman–Crippen MR) is 95.0 cm³/mol. The molecule has 1 aromatic rings. The van der Waals surface area contributed by atoms with E-state index in [1.165, 1.54) is 11.8 Å². The fraction of sp³-hybridized carbons (Fsp3) is 0.588. The summed E-state index contributed by atoms with van der Waals surface area (Å²) < 4.78 is 23.7. The smallest absolute Gasteiger partial charge is 0.233 e. The number of carbonyl (C=O) groups is 1. The lowest BCUT2D eigenvalue weighted by Crippen LogP contribution is -2.47. The Labute approximate surface area is 147 Å². The molecule has 1 aromatic carbocycles. The van der Waals surface area contributed by atoms with E-state index in [0.29, 0.717) is 12.2 Å². The number of thioether (sulfide) groups is 1. The van der Waals surface area contributed by atoms with Crippen LogP contribution in [-0.4, -0.2) is 53.7 Å². The third kappa shape index (κ3) is 4.25. The highest BCUT2D eigenvalue weighted by atomic mass is 32.2. The molecule has 3 rings (SSSR count). The van der Waals surface area contributed by atoms with Gasteiger partial charge in [-0.2, -0.15) is 0 Å². The number of phenolic OH excluding ortho intramolecular Hbond substituents is 1. The summed E-state index contributed by atoms with van der Waals surface area (Å²) in [7, 11) is -3.00. The lowest BCUT2D eigenvalue weighted by Gasteiger charge is -2.34. The van der Waals surface area contributed by atoms with Gasteiger partial charge in [0.2, 0.25) is 5.91 Å². The van der Waals surface area contributed by atoms with Crippen LogP contribution >= 0.6 is 11.8 Å². The summed E-state index contributed by atoms with van der Waals surface area (Å²) >= 11 is 1.43. The van der Waals surface area contributed by atoms with Gasteiger partial charge in [-0.25, -0.2) is 8.42 Å². The SMILES string of the molecule is O=C(CSc1ccc(O)cc1)N(C1CCCC1)[C@H]1CCS(=O)(=O)C1. The number of sulfone groups is 1. The van der Waals surface area contributed by atoms with Crippen molar-refractivity contribution in [2.24, 2.45) is 0 Å². The predicted octanol–water partition coefficient (Wildman–Crippen LogP) is 2.44. The van der Waals surface area contributed by atoms with Gasteiger partial charge in [-0.15, -0.1) is 11.8 Å². The largest absolute Gasteiger partial charge is 0.508 e. The summed E-state index contributed by atoms with van der Waals surface area (Å²) in [4.78, 5) is 15.6. The van der Waals surface area contributed by atoms with Gasteiger partial charge in [0.1, 0.15) is 5.75 Å². The molecule has 24 heavy (non-hydrogen) atoms. The molecule has 1 heterocycles. The van der Waals surface area contributed by atoms with E-state index in [9.17, 15) is 18.3 Å². The molecule has 1 aliphatic heterocycles. The molecule has 1 amide bonds. The van der Waals surface area contributed by atoms with Gasteiger partial charge >= 0.3 is 0 Å². The summed E-state index contributed by atoms with van der Waals surface area (Å²) in [5.41, 5.74) is 0. The second-order valence-corrected chi connectivity index (χ2v) is 9.86. The maximum Gasteiger partial charge on any atom is 0.233 e. The second kappa shape index (κ2) is 7.35. The number of hydrogen-bond donors (Lipinski definition) is 1. The molecule has 2 fully saturated rings. The van der Waals surface area contributed by atoms with E-state index in [4.69, 9.17) is 0 Å². The second-order valence-electron chi connectivity index (χ2n) is 6.58. The van der Waals surface area contributed by atoms with Gasteiger partial charge < -0.3 is 10.0 Å². The van der Waals surface area contributed by atoms with Crippen molar-refractivity contribution in [3.63, 3.8) is 0 Å². The van der Waals surface area contributed by atoms with Crippen molar-refractivity contribution in [3.05, 3.63) is 24.3 Å². The van der Waals surface area contributed by atoms with Crippen LogP contribution in [0.15, 0.2) is 29.2 Å². The third-order valence-electron chi connectivity index (χ3n) is 4.81. The summed E-state index contributed by atoms with van der Waals surface area (Å²) in [5.74, 6) is 0.840. The van der Waals surface area contributed by atoms with E-state index in [0.717, 1.165) is 30.6 Å². The highest BCUT2D eigenvalue weighted by molar-refractivity contribution is 8.00. The van der Waals surface area contributed by atoms with Crippen LogP contribution in [0.3, 0.4) is 0 Å². The Morgan fingerprint density at radius 3 is 2.38 bits per heavy atom. The average molecular weight is 370 g/mol. The number of carbonyl (C=O) groups excluding carboxylic acids is 1. The van der Waals surface area contributed by atoms with E-state index >= 15 is 0 Å². The topological polar surface area (TPSA) is 74.7 Å². The van der Waals surface area contributed by atoms with Crippen LogP contribution in [0.5, 0.6) is 5.75 Å². The molecule has 1 atom stereocenters. The molecule has 0 bridgehead atoms. The average Bonchev–Trinajstić information content (AvgIpc) is 3.17. The van der Waals surface area contributed by atoms with Crippen molar-refractivity contribution in [1.29, 1.82) is 0 Å². The van der Waals surface area contributed by atoms with Gasteiger partial charge in [-0.3, -0.25) is 4.79 Å². The number of rotatable bonds is 5. The Hall–Kier alpha value is -1.21. The Morgan fingerprint density at radius 2 is 1.79 bits per heavy atom. The standard InChI is InChI=1S/C17H23NO4S2/c19-15-5-7-16(8-6-15)23-11-17(20)18(13-3-1-2-4-13)14-9-10-24(21,22)12-14/h5-8,13-14,19H,1-4,9-12H2/t14-/m0/s1. The van der Waals surface area contributed by atoms with Crippen molar-refractivity contribution in [1.82, 2.24) is 4.90 Å². The Balaban J connectivity index is 1.67. The van der Waals surface area contributed by atoms with Gasteiger partial charge in [0.05, 0.1) is 17.3 Å². The van der Waals surface area contributed by atoms with Crippen LogP contribution < -0.4 is 0 Å². The van der Waals surface area contributed by atoms with E-state index in [1.807, 2.05) is 4.90 Å². The number of phenols is 1. The fourth-order valence-corrected chi connectivity index (χ4v) is 6.12. The molecule has 1 saturated heterocycles. The molecule has 5 nitrogen and oxygen atoms in total. The lowest BCUT2D eigenvalue weighted by molar-refractivity contribution is -0.132. The monoisotopic (exact) mass is 369 g/mol. The minimum absolute atomic E-state index is 0.0297. The minimum atomic E-state index is -3.00. The maximum absolute atomic E-state index is 12.8. The van der Waals surface area contributed by atoms with Crippen LogP contribution in [0.4, 0.5) is 0 Å². The Bertz CT molecular complexity index is 681. The van der Waals surface area contributed by atoms with Crippen LogP contribution in [-0.2, 0) is 14.6 Å². The lowest BCUT2D eigenvalue weighted by atomic mass is 10.1. The van der Waals surface area contributed by atoms with Crippen LogP contribution in [0.25, 0.3) is 0 Å². The van der Waals surface area contributed by atoms with Crippen molar-refractivity contribution in [2.75, 3.05) is 17.3 Å². The van der Waals surface area contributed by atoms with Crippen LogP contribution in [0.1, 0.15) is 32.1 Å². The van der Waals surface area contributed by atoms with Crippen molar-refractivity contribution in [2.45, 2.75) is 49.1 Å². The number of aromatic hydroxyl groups is 1. The van der Waals surface area contributed by atoms with Gasteiger partial charge in [-0.1, -0.05) is 12.8 Å². The fourth-order valence-electron chi connectivity index (χ4n) is 3.64. The number of nitrogens with zero attached hydrogens (tertiary/aromatic N) is 1. The number of amides is 1. The zero-order valence-electron chi connectivity index (χ0n) is 13.6. The van der Waals surface area contributed by atoms with Crippen molar-refractivity contribution in [3.8, 4) is 5.75 Å². The zero-order valence-corrected chi connectivity index (χ0v) is 15.2. The molecular weight excluding hydrogens is 346 g/mol. The normalized spacial score (nSPS) is 23.4. The summed E-state index contributed by atoms with van der Waals surface area (Å²) in [5, 5.41) is 9.32. The maximum atomic E-state index is 12.8. The first-order valence-electron chi connectivity index (χ1n) is 8.38. The molecule has 0 radical (unpaired) electrons. The van der Waals surface area contributed by atoms with E-state index in [2.05, 4.69) is 0 Å². The summed E-state index contributed by atoms with van der Waals surface area (Å²) in [6.45, 7) is 0. The van der Waals surface area contributed by atoms with Crippen LogP contribution in [0, 0.1) is 0 Å². The van der Waals surface area contributed by atoms with Crippen molar-refractivity contribution >= 4 is 27.5 Å². The highest BCUT2D eigenvalue weighted by Crippen LogP contribution is 2.30. The van der Waals surface area contributed by atoms with Gasteiger partial charge in [0, 0.05) is 17.0 Å². The first-order valence-corrected chi connectivity index (χ1v) is 11.2. The summed E-state index contributed by atoms with van der Waals surface area (Å²) in [6, 6.07) is 6.80. The number of hydrogen-bond acceptors (Lipinski definition) is 5. The molecule has 2 aliphatic rings. The Kier molecular flexibility index (Phi) is 5.39. The first-order chi connectivity index (χ1) is 11.4. The highest BCUT2D eigenvalue weighted by Gasteiger charge is 2.38. The molecule has 132 valence electrons. The Morgan fingerprint density at radius 1 is 1.12 bits per heavy atom. The first kappa shape index (κ1) is 17.6. The van der Waals surface area contributed by atoms with Gasteiger partial charge in [0.25, 0.3) is 0 Å².